The van der Waals surface area contributed by atoms with Gasteiger partial charge in [-0.3, -0.25) is 9.89 Å². The molecule has 1 rings (SSSR count). The van der Waals surface area contributed by atoms with E-state index in [-0.39, 0.29) is 11.6 Å². The number of amides is 1. The van der Waals surface area contributed by atoms with E-state index in [4.69, 9.17) is 5.11 Å². The molecule has 1 atom stereocenters. The lowest BCUT2D eigenvalue weighted by Crippen LogP contribution is -2.40. The highest BCUT2D eigenvalue weighted by Gasteiger charge is 2.21. The molecule has 1 heterocycles. The van der Waals surface area contributed by atoms with Crippen LogP contribution in [0.2, 0.25) is 0 Å². The highest BCUT2D eigenvalue weighted by molar-refractivity contribution is 5.95. The smallest absolute Gasteiger partial charge is 0.326 e. The molecule has 0 aliphatic carbocycles. The molecule has 1 unspecified atom stereocenters. The van der Waals surface area contributed by atoms with Gasteiger partial charge in [0.15, 0.2) is 0 Å². The molecule has 6 heteroatoms. The third-order valence-corrected chi connectivity index (χ3v) is 2.90. The minimum atomic E-state index is -1.01. The Hall–Kier alpha value is -1.85. The van der Waals surface area contributed by atoms with Gasteiger partial charge in [-0.05, 0) is 18.4 Å². The van der Waals surface area contributed by atoms with Gasteiger partial charge < -0.3 is 10.4 Å². The summed E-state index contributed by atoms with van der Waals surface area (Å²) in [5.74, 6) is -1.22. The molecule has 6 nitrogen and oxygen atoms in total. The number of carbonyl (C=O) groups excluding carboxylic acids is 1. The van der Waals surface area contributed by atoms with Crippen molar-refractivity contribution in [3.8, 4) is 0 Å². The lowest BCUT2D eigenvalue weighted by Gasteiger charge is -2.12. The highest BCUT2D eigenvalue weighted by atomic mass is 16.4. The van der Waals surface area contributed by atoms with Crippen molar-refractivity contribution in [2.45, 2.75) is 52.0 Å². The van der Waals surface area contributed by atoms with Crippen LogP contribution in [-0.4, -0.2) is 33.2 Å². The number of H-pyrrole nitrogens is 1. The maximum Gasteiger partial charge on any atom is 0.326 e. The van der Waals surface area contributed by atoms with Gasteiger partial charge in [0.2, 0.25) is 0 Å². The van der Waals surface area contributed by atoms with Crippen molar-refractivity contribution in [1.82, 2.24) is 15.5 Å². The van der Waals surface area contributed by atoms with E-state index in [1.165, 1.54) is 0 Å². The Morgan fingerprint density at radius 1 is 1.47 bits per heavy atom. The van der Waals surface area contributed by atoms with Crippen LogP contribution in [0.4, 0.5) is 0 Å². The molecule has 0 aromatic carbocycles. The Bertz CT molecular complexity index is 440. The second-order valence-corrected chi connectivity index (χ2v) is 4.87. The van der Waals surface area contributed by atoms with Crippen LogP contribution in [0.25, 0.3) is 0 Å². The lowest BCUT2D eigenvalue weighted by atomic mass is 10.1. The second-order valence-electron chi connectivity index (χ2n) is 4.87. The monoisotopic (exact) mass is 267 g/mol. The molecule has 0 radical (unpaired) electrons. The molecule has 0 saturated heterocycles. The Balaban J connectivity index is 2.67. The van der Waals surface area contributed by atoms with E-state index in [2.05, 4.69) is 15.5 Å². The Kier molecular flexibility index (Phi) is 5.54. The van der Waals surface area contributed by atoms with Crippen LogP contribution in [0.5, 0.6) is 0 Å². The Morgan fingerprint density at radius 3 is 2.63 bits per heavy atom. The quantitative estimate of drug-likeness (QED) is 0.703. The summed E-state index contributed by atoms with van der Waals surface area (Å²) in [5.41, 5.74) is 1.08. The van der Waals surface area contributed by atoms with E-state index in [1.807, 2.05) is 20.8 Å². The zero-order valence-corrected chi connectivity index (χ0v) is 11.6. The number of carboxylic acid groups (broad SMARTS) is 1. The summed E-state index contributed by atoms with van der Waals surface area (Å²) in [5, 5.41) is 18.2. The largest absolute Gasteiger partial charge is 0.480 e. The van der Waals surface area contributed by atoms with E-state index >= 15 is 0 Å². The fraction of sp³-hybridized carbons (Fsp3) is 0.615. The van der Waals surface area contributed by atoms with Crippen molar-refractivity contribution in [3.63, 3.8) is 0 Å². The average Bonchev–Trinajstić information content (AvgIpc) is 2.83. The normalized spacial score (nSPS) is 12.4. The standard InChI is InChI=1S/C13H21N3O3/c1-4-5-6-9(13(18)19)14-12(17)11-7-10(8(2)3)15-16-11/h7-9H,4-6H2,1-3H3,(H,14,17)(H,15,16)(H,18,19). The van der Waals surface area contributed by atoms with E-state index in [0.29, 0.717) is 6.42 Å². The van der Waals surface area contributed by atoms with Crippen LogP contribution in [0.15, 0.2) is 6.07 Å². The molecule has 106 valence electrons. The number of nitrogens with one attached hydrogen (secondary N) is 2. The van der Waals surface area contributed by atoms with E-state index in [9.17, 15) is 9.59 Å². The SMILES string of the molecule is CCCCC(NC(=O)c1cc(C(C)C)[nH]n1)C(=O)O. The van der Waals surface area contributed by atoms with Crippen molar-refractivity contribution < 1.29 is 14.7 Å². The second kappa shape index (κ2) is 6.92. The van der Waals surface area contributed by atoms with Gasteiger partial charge in [-0.25, -0.2) is 4.79 Å². The van der Waals surface area contributed by atoms with Crippen molar-refractivity contribution in [3.05, 3.63) is 17.5 Å². The fourth-order valence-corrected chi connectivity index (χ4v) is 1.65. The number of carbonyl (C=O) groups is 2. The molecule has 0 aliphatic rings. The van der Waals surface area contributed by atoms with Gasteiger partial charge >= 0.3 is 5.97 Å². The van der Waals surface area contributed by atoms with Crippen LogP contribution < -0.4 is 5.32 Å². The predicted octanol–water partition coefficient (Wildman–Crippen LogP) is 1.91. The van der Waals surface area contributed by atoms with Crippen molar-refractivity contribution >= 4 is 11.9 Å². The zero-order valence-electron chi connectivity index (χ0n) is 11.6. The molecule has 0 bridgehead atoms. The topological polar surface area (TPSA) is 95.1 Å². The molecule has 1 aromatic rings. The number of unbranched alkanes of at least 4 members (excludes halogenated alkanes) is 1. The molecule has 0 spiro atoms. The van der Waals surface area contributed by atoms with Crippen LogP contribution >= 0.6 is 0 Å². The van der Waals surface area contributed by atoms with Gasteiger partial charge in [0.05, 0.1) is 0 Å². The van der Waals surface area contributed by atoms with Gasteiger partial charge in [0.1, 0.15) is 11.7 Å². The first-order chi connectivity index (χ1) is 8.95. The van der Waals surface area contributed by atoms with Gasteiger partial charge in [-0.15, -0.1) is 0 Å². The van der Waals surface area contributed by atoms with Gasteiger partial charge in [0.25, 0.3) is 5.91 Å². The van der Waals surface area contributed by atoms with Crippen LogP contribution in [0.1, 0.15) is 62.1 Å². The number of aliphatic carboxylic acids is 1. The first-order valence-corrected chi connectivity index (χ1v) is 6.54. The lowest BCUT2D eigenvalue weighted by molar-refractivity contribution is -0.139. The van der Waals surface area contributed by atoms with Crippen LogP contribution in [-0.2, 0) is 4.79 Å². The van der Waals surface area contributed by atoms with Crippen molar-refractivity contribution in [1.29, 1.82) is 0 Å². The summed E-state index contributed by atoms with van der Waals surface area (Å²) in [6, 6.07) is 0.797. The maximum atomic E-state index is 11.9. The number of aromatic nitrogens is 2. The third-order valence-electron chi connectivity index (χ3n) is 2.90. The minimum Gasteiger partial charge on any atom is -0.480 e. The molecule has 3 N–H and O–H groups in total. The number of hydrogen-bond donors (Lipinski definition) is 3. The van der Waals surface area contributed by atoms with E-state index in [1.54, 1.807) is 6.07 Å². The molecule has 0 aliphatic heterocycles. The van der Waals surface area contributed by atoms with Gasteiger partial charge in [0, 0.05) is 5.69 Å². The molecule has 0 fully saturated rings. The minimum absolute atomic E-state index is 0.228. The molecular weight excluding hydrogens is 246 g/mol. The number of carboxylic acids is 1. The maximum absolute atomic E-state index is 11.9. The van der Waals surface area contributed by atoms with E-state index < -0.39 is 17.9 Å². The number of hydrogen-bond acceptors (Lipinski definition) is 3. The summed E-state index contributed by atoms with van der Waals surface area (Å²) in [7, 11) is 0. The van der Waals surface area contributed by atoms with Gasteiger partial charge in [-0.2, -0.15) is 5.10 Å². The van der Waals surface area contributed by atoms with Crippen LogP contribution in [0.3, 0.4) is 0 Å². The predicted molar refractivity (Wildman–Crippen MR) is 71.1 cm³/mol. The van der Waals surface area contributed by atoms with Crippen molar-refractivity contribution in [2.24, 2.45) is 0 Å². The van der Waals surface area contributed by atoms with Crippen LogP contribution in [0, 0.1) is 0 Å². The fourth-order valence-electron chi connectivity index (χ4n) is 1.65. The summed E-state index contributed by atoms with van der Waals surface area (Å²) < 4.78 is 0. The Morgan fingerprint density at radius 2 is 2.16 bits per heavy atom. The molecule has 19 heavy (non-hydrogen) atoms. The molecule has 1 amide bonds. The number of nitrogens with zero attached hydrogens (tertiary/aromatic N) is 1. The molecular formula is C13H21N3O3. The molecule has 0 saturated carbocycles. The number of aromatic amines is 1. The third kappa shape index (κ3) is 4.39. The van der Waals surface area contributed by atoms with Gasteiger partial charge in [-0.1, -0.05) is 33.6 Å². The summed E-state index contributed by atoms with van der Waals surface area (Å²) in [6.45, 7) is 5.94. The summed E-state index contributed by atoms with van der Waals surface area (Å²) in [6.07, 6.45) is 2.08. The van der Waals surface area contributed by atoms with E-state index in [0.717, 1.165) is 18.5 Å². The molecule has 1 aromatic heterocycles. The number of rotatable bonds is 7. The highest BCUT2D eigenvalue weighted by Crippen LogP contribution is 2.12. The zero-order chi connectivity index (χ0) is 14.4. The first kappa shape index (κ1) is 15.2. The Labute approximate surface area is 112 Å². The average molecular weight is 267 g/mol. The summed E-state index contributed by atoms with van der Waals surface area (Å²) >= 11 is 0. The summed E-state index contributed by atoms with van der Waals surface area (Å²) in [4.78, 5) is 22.9. The first-order valence-electron chi connectivity index (χ1n) is 6.54. The van der Waals surface area contributed by atoms with Crippen molar-refractivity contribution in [2.75, 3.05) is 0 Å².